The second-order valence-electron chi connectivity index (χ2n) is 4.21. The van der Waals surface area contributed by atoms with Crippen molar-refractivity contribution in [1.29, 1.82) is 0 Å². The number of benzene rings is 1. The van der Waals surface area contributed by atoms with Crippen molar-refractivity contribution in [2.75, 3.05) is 13.7 Å². The summed E-state index contributed by atoms with van der Waals surface area (Å²) < 4.78 is 7.09. The quantitative estimate of drug-likeness (QED) is 0.877. The fraction of sp³-hybridized carbons (Fsp3) is 0.357. The van der Waals surface area contributed by atoms with Crippen LogP contribution in [-0.4, -0.2) is 23.4 Å². The Morgan fingerprint density at radius 3 is 2.83 bits per heavy atom. The molecule has 0 aliphatic rings. The van der Waals surface area contributed by atoms with Gasteiger partial charge in [0, 0.05) is 18.8 Å². The van der Waals surface area contributed by atoms with Crippen molar-refractivity contribution >= 4 is 0 Å². The third kappa shape index (κ3) is 2.71. The maximum atomic E-state index is 5.28. The van der Waals surface area contributed by atoms with Crippen LogP contribution in [0.3, 0.4) is 0 Å². The fourth-order valence-electron chi connectivity index (χ4n) is 2.04. The summed E-state index contributed by atoms with van der Waals surface area (Å²) in [5.74, 6) is 0.874. The third-order valence-corrected chi connectivity index (χ3v) is 2.89. The highest BCUT2D eigenvalue weighted by Crippen LogP contribution is 2.24. The summed E-state index contributed by atoms with van der Waals surface area (Å²) in [5, 5.41) is 7.70. The molecule has 1 unspecified atom stereocenters. The van der Waals surface area contributed by atoms with Crippen LogP contribution in [0.25, 0.3) is 0 Å². The Morgan fingerprint density at radius 2 is 2.22 bits per heavy atom. The predicted molar refractivity (Wildman–Crippen MR) is 71.7 cm³/mol. The van der Waals surface area contributed by atoms with Gasteiger partial charge in [-0.2, -0.15) is 5.10 Å². The molecule has 1 aromatic heterocycles. The van der Waals surface area contributed by atoms with Crippen LogP contribution in [0.15, 0.2) is 36.7 Å². The molecular formula is C14H19N3O. The number of nitrogens with zero attached hydrogens (tertiary/aromatic N) is 2. The maximum Gasteiger partial charge on any atom is 0.119 e. The van der Waals surface area contributed by atoms with Crippen LogP contribution in [0.1, 0.15) is 24.1 Å². The van der Waals surface area contributed by atoms with E-state index in [1.165, 1.54) is 5.56 Å². The highest BCUT2D eigenvalue weighted by molar-refractivity contribution is 5.35. The van der Waals surface area contributed by atoms with Crippen LogP contribution in [0.5, 0.6) is 5.75 Å². The Hall–Kier alpha value is -1.81. The van der Waals surface area contributed by atoms with Gasteiger partial charge in [-0.25, -0.2) is 0 Å². The van der Waals surface area contributed by atoms with Gasteiger partial charge in [-0.15, -0.1) is 0 Å². The van der Waals surface area contributed by atoms with E-state index < -0.39 is 0 Å². The Balaban J connectivity index is 2.34. The van der Waals surface area contributed by atoms with Gasteiger partial charge in [-0.1, -0.05) is 19.1 Å². The van der Waals surface area contributed by atoms with Gasteiger partial charge in [0.25, 0.3) is 0 Å². The Labute approximate surface area is 108 Å². The molecule has 0 saturated heterocycles. The molecule has 0 amide bonds. The fourth-order valence-corrected chi connectivity index (χ4v) is 2.04. The van der Waals surface area contributed by atoms with Gasteiger partial charge in [0.05, 0.1) is 19.3 Å². The standard InChI is InChI=1S/C14H19N3O/c1-4-15-14(12-9-16-17(2)10-12)11-6-5-7-13(8-11)18-3/h5-10,14-15H,4H2,1-3H3. The minimum absolute atomic E-state index is 0.152. The number of nitrogens with one attached hydrogen (secondary N) is 1. The van der Waals surface area contributed by atoms with Crippen LogP contribution >= 0.6 is 0 Å². The van der Waals surface area contributed by atoms with E-state index in [4.69, 9.17) is 4.74 Å². The largest absolute Gasteiger partial charge is 0.497 e. The van der Waals surface area contributed by atoms with Crippen molar-refractivity contribution in [3.8, 4) is 5.75 Å². The molecule has 1 heterocycles. The molecule has 1 atom stereocenters. The summed E-state index contributed by atoms with van der Waals surface area (Å²) in [6.07, 6.45) is 3.93. The lowest BCUT2D eigenvalue weighted by atomic mass is 10.0. The molecular weight excluding hydrogens is 226 g/mol. The highest BCUT2D eigenvalue weighted by atomic mass is 16.5. The van der Waals surface area contributed by atoms with Crippen molar-refractivity contribution in [3.63, 3.8) is 0 Å². The van der Waals surface area contributed by atoms with E-state index >= 15 is 0 Å². The number of aryl methyl sites for hydroxylation is 1. The average Bonchev–Trinajstić information content (AvgIpc) is 2.82. The van der Waals surface area contributed by atoms with Crippen molar-refractivity contribution in [2.45, 2.75) is 13.0 Å². The monoisotopic (exact) mass is 245 g/mol. The molecule has 0 radical (unpaired) electrons. The summed E-state index contributed by atoms with van der Waals surface area (Å²) >= 11 is 0. The molecule has 1 aromatic carbocycles. The molecule has 4 nitrogen and oxygen atoms in total. The second kappa shape index (κ2) is 5.69. The molecule has 0 bridgehead atoms. The molecule has 0 aliphatic heterocycles. The maximum absolute atomic E-state index is 5.28. The summed E-state index contributed by atoms with van der Waals surface area (Å²) in [6, 6.07) is 8.27. The lowest BCUT2D eigenvalue weighted by Gasteiger charge is -2.17. The Kier molecular flexibility index (Phi) is 3.99. The molecule has 1 N–H and O–H groups in total. The molecule has 96 valence electrons. The first kappa shape index (κ1) is 12.6. The zero-order valence-corrected chi connectivity index (χ0v) is 11.1. The van der Waals surface area contributed by atoms with E-state index in [-0.39, 0.29) is 6.04 Å². The lowest BCUT2D eigenvalue weighted by molar-refractivity contribution is 0.413. The van der Waals surface area contributed by atoms with Crippen LogP contribution < -0.4 is 10.1 Å². The average molecular weight is 245 g/mol. The summed E-state index contributed by atoms with van der Waals surface area (Å²) in [7, 11) is 3.61. The molecule has 18 heavy (non-hydrogen) atoms. The summed E-state index contributed by atoms with van der Waals surface area (Å²) in [5.41, 5.74) is 2.34. The molecule has 2 aromatic rings. The number of methoxy groups -OCH3 is 1. The van der Waals surface area contributed by atoms with Crippen molar-refractivity contribution in [2.24, 2.45) is 7.05 Å². The van der Waals surface area contributed by atoms with E-state index in [2.05, 4.69) is 29.5 Å². The smallest absolute Gasteiger partial charge is 0.119 e. The van der Waals surface area contributed by atoms with Crippen LogP contribution in [0.2, 0.25) is 0 Å². The van der Waals surface area contributed by atoms with E-state index in [0.29, 0.717) is 0 Å². The van der Waals surface area contributed by atoms with Gasteiger partial charge < -0.3 is 10.1 Å². The number of hydrogen-bond donors (Lipinski definition) is 1. The van der Waals surface area contributed by atoms with E-state index in [1.54, 1.807) is 7.11 Å². The third-order valence-electron chi connectivity index (χ3n) is 2.89. The molecule has 0 spiro atoms. The predicted octanol–water partition coefficient (Wildman–Crippen LogP) is 2.13. The first-order valence-electron chi connectivity index (χ1n) is 6.10. The van der Waals surface area contributed by atoms with Gasteiger partial charge in [0.1, 0.15) is 5.75 Å². The first-order chi connectivity index (χ1) is 8.74. The molecule has 0 saturated carbocycles. The molecule has 2 rings (SSSR count). The first-order valence-corrected chi connectivity index (χ1v) is 6.10. The number of ether oxygens (including phenoxy) is 1. The highest BCUT2D eigenvalue weighted by Gasteiger charge is 2.14. The molecule has 0 aliphatic carbocycles. The van der Waals surface area contributed by atoms with Gasteiger partial charge >= 0.3 is 0 Å². The molecule has 4 heteroatoms. The Bertz CT molecular complexity index is 507. The minimum atomic E-state index is 0.152. The SMILES string of the molecule is CCNC(c1cccc(OC)c1)c1cnn(C)c1. The topological polar surface area (TPSA) is 39.1 Å². The zero-order valence-electron chi connectivity index (χ0n) is 11.1. The van der Waals surface area contributed by atoms with Crippen molar-refractivity contribution in [1.82, 2.24) is 15.1 Å². The van der Waals surface area contributed by atoms with Gasteiger partial charge in [-0.05, 0) is 24.2 Å². The number of aromatic nitrogens is 2. The van der Waals surface area contributed by atoms with E-state index in [9.17, 15) is 0 Å². The summed E-state index contributed by atoms with van der Waals surface area (Å²) in [4.78, 5) is 0. The van der Waals surface area contributed by atoms with Gasteiger partial charge in [0.2, 0.25) is 0 Å². The van der Waals surface area contributed by atoms with Crippen LogP contribution in [0.4, 0.5) is 0 Å². The summed E-state index contributed by atoms with van der Waals surface area (Å²) in [6.45, 7) is 3.00. The lowest BCUT2D eigenvalue weighted by Crippen LogP contribution is -2.21. The van der Waals surface area contributed by atoms with Crippen LogP contribution in [0, 0.1) is 0 Å². The van der Waals surface area contributed by atoms with E-state index in [1.807, 2.05) is 36.3 Å². The molecule has 0 fully saturated rings. The van der Waals surface area contributed by atoms with Gasteiger partial charge in [0.15, 0.2) is 0 Å². The van der Waals surface area contributed by atoms with Crippen LogP contribution in [-0.2, 0) is 7.05 Å². The van der Waals surface area contributed by atoms with Crippen molar-refractivity contribution in [3.05, 3.63) is 47.8 Å². The number of hydrogen-bond acceptors (Lipinski definition) is 3. The van der Waals surface area contributed by atoms with E-state index in [0.717, 1.165) is 17.9 Å². The zero-order chi connectivity index (χ0) is 13.0. The minimum Gasteiger partial charge on any atom is -0.497 e. The van der Waals surface area contributed by atoms with Gasteiger partial charge in [-0.3, -0.25) is 4.68 Å². The number of rotatable bonds is 5. The Morgan fingerprint density at radius 1 is 1.39 bits per heavy atom. The normalized spacial score (nSPS) is 12.4. The van der Waals surface area contributed by atoms with Crippen molar-refractivity contribution < 1.29 is 4.74 Å². The second-order valence-corrected chi connectivity index (χ2v) is 4.21.